The van der Waals surface area contributed by atoms with Gasteiger partial charge in [0.15, 0.2) is 5.65 Å². The zero-order chi connectivity index (χ0) is 17.4. The van der Waals surface area contributed by atoms with Gasteiger partial charge in [0.05, 0.1) is 11.6 Å². The number of aryl methyl sites for hydroxylation is 1. The molecular formula is C18H21FN6. The van der Waals surface area contributed by atoms with E-state index >= 15 is 0 Å². The molecule has 1 saturated carbocycles. The maximum absolute atomic E-state index is 13.5. The van der Waals surface area contributed by atoms with E-state index < -0.39 is 5.82 Å². The van der Waals surface area contributed by atoms with Crippen LogP contribution in [0.5, 0.6) is 0 Å². The Morgan fingerprint density at radius 2 is 2.04 bits per heavy atom. The second-order valence-corrected chi connectivity index (χ2v) is 6.87. The third-order valence-corrected chi connectivity index (χ3v) is 4.94. The minimum atomic E-state index is -0.396. The van der Waals surface area contributed by atoms with Gasteiger partial charge in [0.2, 0.25) is 0 Å². The number of fused-ring (bicyclic) bond motifs is 1. The monoisotopic (exact) mass is 340 g/mol. The third-order valence-electron chi connectivity index (χ3n) is 4.94. The Labute approximate surface area is 145 Å². The van der Waals surface area contributed by atoms with E-state index in [-0.39, 0.29) is 0 Å². The van der Waals surface area contributed by atoms with Crippen molar-refractivity contribution in [3.8, 4) is 0 Å². The zero-order valence-electron chi connectivity index (χ0n) is 14.4. The molecule has 0 saturated heterocycles. The van der Waals surface area contributed by atoms with E-state index in [1.54, 1.807) is 0 Å². The smallest absolute Gasteiger partial charge is 0.183 e. The number of hydrogen-bond donors (Lipinski definition) is 2. The number of pyridine rings is 1. The van der Waals surface area contributed by atoms with Gasteiger partial charge >= 0.3 is 0 Å². The van der Waals surface area contributed by atoms with Gasteiger partial charge in [0.25, 0.3) is 0 Å². The van der Waals surface area contributed by atoms with Gasteiger partial charge in [-0.25, -0.2) is 19.3 Å². The zero-order valence-corrected chi connectivity index (χ0v) is 14.4. The van der Waals surface area contributed by atoms with Crippen LogP contribution in [0.25, 0.3) is 11.0 Å². The quantitative estimate of drug-likeness (QED) is 0.746. The predicted molar refractivity (Wildman–Crippen MR) is 94.3 cm³/mol. The Bertz CT molecular complexity index is 906. The summed E-state index contributed by atoms with van der Waals surface area (Å²) in [5.74, 6) is 2.76. The summed E-state index contributed by atoms with van der Waals surface area (Å²) in [7, 11) is 0. The molecule has 0 unspecified atom stereocenters. The summed E-state index contributed by atoms with van der Waals surface area (Å²) in [5.41, 5.74) is 1.38. The number of hydrogen-bond acceptors (Lipinski definition) is 5. The minimum Gasteiger partial charge on any atom is -0.325 e. The van der Waals surface area contributed by atoms with Crippen LogP contribution in [-0.2, 0) is 0 Å². The van der Waals surface area contributed by atoms with Crippen molar-refractivity contribution in [1.82, 2.24) is 25.1 Å². The van der Waals surface area contributed by atoms with E-state index in [0.29, 0.717) is 34.5 Å². The van der Waals surface area contributed by atoms with Crippen LogP contribution < -0.4 is 5.32 Å². The number of aromatic amines is 1. The molecule has 130 valence electrons. The fourth-order valence-electron chi connectivity index (χ4n) is 3.62. The number of anilines is 2. The maximum Gasteiger partial charge on any atom is 0.183 e. The Balaban J connectivity index is 1.67. The van der Waals surface area contributed by atoms with Crippen LogP contribution in [0.1, 0.15) is 50.0 Å². The number of halogens is 1. The highest BCUT2D eigenvalue weighted by Crippen LogP contribution is 2.36. The standard InChI is InChI=1S/C18H21FN6/c1-10-5-3-4-6-13(10)17-21-11(2)7-15(22-17)23-18-14-8-12(19)9-20-16(14)24-25-18/h7-10,13H,3-6H2,1-2H3,(H2,20,21,22,23,24,25)/t10-,13-/m1/s1. The third kappa shape index (κ3) is 3.18. The van der Waals surface area contributed by atoms with Gasteiger partial charge in [-0.3, -0.25) is 5.10 Å². The molecule has 6 nitrogen and oxygen atoms in total. The molecule has 0 aromatic carbocycles. The number of rotatable bonds is 3. The average molecular weight is 340 g/mol. The Kier molecular flexibility index (Phi) is 4.07. The summed E-state index contributed by atoms with van der Waals surface area (Å²) in [4.78, 5) is 13.4. The summed E-state index contributed by atoms with van der Waals surface area (Å²) in [6.07, 6.45) is 6.02. The van der Waals surface area contributed by atoms with Crippen molar-refractivity contribution in [1.29, 1.82) is 0 Å². The Morgan fingerprint density at radius 1 is 1.20 bits per heavy atom. The van der Waals surface area contributed by atoms with Crippen molar-refractivity contribution >= 4 is 22.7 Å². The SMILES string of the molecule is Cc1cc(Nc2[nH]nc3ncc(F)cc23)nc([C@@H]2CCCC[C@H]2C)n1. The van der Waals surface area contributed by atoms with Crippen LogP contribution >= 0.6 is 0 Å². The van der Waals surface area contributed by atoms with E-state index in [4.69, 9.17) is 4.98 Å². The van der Waals surface area contributed by atoms with Gasteiger partial charge < -0.3 is 5.32 Å². The summed E-state index contributed by atoms with van der Waals surface area (Å²) >= 11 is 0. The molecule has 1 aliphatic rings. The van der Waals surface area contributed by atoms with E-state index in [9.17, 15) is 4.39 Å². The summed E-state index contributed by atoms with van der Waals surface area (Å²) in [5, 5.41) is 10.8. The number of aromatic nitrogens is 5. The molecule has 4 rings (SSSR count). The molecule has 0 amide bonds. The van der Waals surface area contributed by atoms with Crippen molar-refractivity contribution in [2.24, 2.45) is 5.92 Å². The summed E-state index contributed by atoms with van der Waals surface area (Å²) in [6, 6.07) is 3.29. The molecule has 1 fully saturated rings. The largest absolute Gasteiger partial charge is 0.325 e. The first-order valence-electron chi connectivity index (χ1n) is 8.72. The van der Waals surface area contributed by atoms with Crippen molar-refractivity contribution in [2.45, 2.75) is 45.4 Å². The van der Waals surface area contributed by atoms with Gasteiger partial charge in [0.1, 0.15) is 23.3 Å². The molecule has 3 aromatic rings. The first-order chi connectivity index (χ1) is 12.1. The number of nitrogens with one attached hydrogen (secondary N) is 2. The second-order valence-electron chi connectivity index (χ2n) is 6.87. The second kappa shape index (κ2) is 6.38. The van der Waals surface area contributed by atoms with Crippen molar-refractivity contribution in [2.75, 3.05) is 5.32 Å². The van der Waals surface area contributed by atoms with Gasteiger partial charge in [0, 0.05) is 17.7 Å². The fraction of sp³-hybridized carbons (Fsp3) is 0.444. The first kappa shape index (κ1) is 15.9. The summed E-state index contributed by atoms with van der Waals surface area (Å²) < 4.78 is 13.5. The van der Waals surface area contributed by atoms with Crippen LogP contribution in [0.4, 0.5) is 16.0 Å². The van der Waals surface area contributed by atoms with Crippen LogP contribution in [0.2, 0.25) is 0 Å². The van der Waals surface area contributed by atoms with E-state index in [2.05, 4.69) is 32.4 Å². The molecule has 2 atom stereocenters. The topological polar surface area (TPSA) is 79.4 Å². The van der Waals surface area contributed by atoms with E-state index in [1.807, 2.05) is 13.0 Å². The van der Waals surface area contributed by atoms with Crippen LogP contribution in [0.3, 0.4) is 0 Å². The van der Waals surface area contributed by atoms with Crippen LogP contribution in [-0.4, -0.2) is 25.1 Å². The molecule has 0 spiro atoms. The highest BCUT2D eigenvalue weighted by molar-refractivity contribution is 5.88. The van der Waals surface area contributed by atoms with Gasteiger partial charge in [-0.05, 0) is 25.3 Å². The highest BCUT2D eigenvalue weighted by Gasteiger charge is 2.25. The lowest BCUT2D eigenvalue weighted by atomic mass is 9.80. The molecule has 0 bridgehead atoms. The Hall–Kier alpha value is -2.57. The molecule has 2 N–H and O–H groups in total. The minimum absolute atomic E-state index is 0.395. The molecule has 3 aromatic heterocycles. The van der Waals surface area contributed by atoms with Gasteiger partial charge in [-0.1, -0.05) is 26.2 Å². The molecule has 0 aliphatic heterocycles. The van der Waals surface area contributed by atoms with Crippen LogP contribution in [0, 0.1) is 18.7 Å². The number of nitrogens with zero attached hydrogens (tertiary/aromatic N) is 4. The summed E-state index contributed by atoms with van der Waals surface area (Å²) in [6.45, 7) is 4.25. The number of H-pyrrole nitrogens is 1. The highest BCUT2D eigenvalue weighted by atomic mass is 19.1. The van der Waals surface area contributed by atoms with Crippen LogP contribution in [0.15, 0.2) is 18.3 Å². The van der Waals surface area contributed by atoms with E-state index in [0.717, 1.165) is 24.1 Å². The Morgan fingerprint density at radius 3 is 2.88 bits per heavy atom. The molecule has 7 heteroatoms. The molecular weight excluding hydrogens is 319 g/mol. The maximum atomic E-state index is 13.5. The fourth-order valence-corrected chi connectivity index (χ4v) is 3.62. The average Bonchev–Trinajstić information content (AvgIpc) is 2.97. The van der Waals surface area contributed by atoms with Crippen molar-refractivity contribution in [3.05, 3.63) is 35.7 Å². The molecule has 0 radical (unpaired) electrons. The lowest BCUT2D eigenvalue weighted by molar-refractivity contribution is 0.319. The van der Waals surface area contributed by atoms with Crippen molar-refractivity contribution in [3.63, 3.8) is 0 Å². The van der Waals surface area contributed by atoms with E-state index in [1.165, 1.54) is 25.3 Å². The van der Waals surface area contributed by atoms with Gasteiger partial charge in [-0.15, -0.1) is 0 Å². The lowest BCUT2D eigenvalue weighted by Gasteiger charge is -2.27. The molecule has 3 heterocycles. The lowest BCUT2D eigenvalue weighted by Crippen LogP contribution is -2.18. The molecule has 1 aliphatic carbocycles. The normalized spacial score (nSPS) is 20.8. The van der Waals surface area contributed by atoms with Gasteiger partial charge in [-0.2, -0.15) is 5.10 Å². The first-order valence-corrected chi connectivity index (χ1v) is 8.72. The molecule has 25 heavy (non-hydrogen) atoms. The predicted octanol–water partition coefficient (Wildman–Crippen LogP) is 4.23. The van der Waals surface area contributed by atoms with Crippen molar-refractivity contribution < 1.29 is 4.39 Å².